The van der Waals surface area contributed by atoms with Crippen LogP contribution in [0.25, 0.3) is 0 Å². The quantitative estimate of drug-likeness (QED) is 0.294. The van der Waals surface area contributed by atoms with E-state index in [2.05, 4.69) is 0 Å². The van der Waals surface area contributed by atoms with Crippen molar-refractivity contribution >= 4 is 20.0 Å². The average molecular weight is 336 g/mol. The van der Waals surface area contributed by atoms with Gasteiger partial charge >= 0.3 is 29.6 Å². The van der Waals surface area contributed by atoms with E-state index in [9.17, 15) is 21.4 Å². The summed E-state index contributed by atoms with van der Waals surface area (Å²) in [5.74, 6) is -0.350. The molecule has 0 radical (unpaired) electrons. The summed E-state index contributed by atoms with van der Waals surface area (Å²) < 4.78 is 59.4. The Kier molecular flexibility index (Phi) is 9.44. The third kappa shape index (κ3) is 8.96. The monoisotopic (exact) mass is 336 g/mol. The number of sulfone groups is 1. The molecule has 0 aromatic carbocycles. The Labute approximate surface area is 143 Å². The van der Waals surface area contributed by atoms with E-state index < -0.39 is 20.0 Å². The Morgan fingerprint density at radius 2 is 1.60 bits per heavy atom. The largest absolute Gasteiger partial charge is 1.00 e. The minimum atomic E-state index is -4.13. The molecule has 0 amide bonds. The SMILES string of the molecule is CS(=O)(=O)C1CCC(OCCCCS(=O)(=O)[O-])CC1.[Na+]. The molecule has 9 heteroatoms. The summed E-state index contributed by atoms with van der Waals surface area (Å²) in [5.41, 5.74) is 0. The van der Waals surface area contributed by atoms with Crippen molar-refractivity contribution in [3.63, 3.8) is 0 Å². The van der Waals surface area contributed by atoms with E-state index in [1.54, 1.807) is 0 Å². The zero-order valence-electron chi connectivity index (χ0n) is 12.1. The third-order valence-electron chi connectivity index (χ3n) is 3.37. The molecule has 1 aliphatic rings. The molecule has 1 saturated carbocycles. The van der Waals surface area contributed by atoms with Crippen molar-refractivity contribution in [1.82, 2.24) is 0 Å². The van der Waals surface area contributed by atoms with Crippen molar-refractivity contribution in [3.05, 3.63) is 0 Å². The van der Waals surface area contributed by atoms with Gasteiger partial charge in [-0.25, -0.2) is 16.8 Å². The molecule has 20 heavy (non-hydrogen) atoms. The fourth-order valence-electron chi connectivity index (χ4n) is 2.26. The van der Waals surface area contributed by atoms with Gasteiger partial charge in [0.2, 0.25) is 0 Å². The Morgan fingerprint density at radius 1 is 1.05 bits per heavy atom. The Hall–Kier alpha value is 0.820. The van der Waals surface area contributed by atoms with E-state index in [-0.39, 0.29) is 46.7 Å². The van der Waals surface area contributed by atoms with E-state index in [1.165, 1.54) is 6.26 Å². The predicted molar refractivity (Wildman–Crippen MR) is 70.6 cm³/mol. The number of hydrogen-bond acceptors (Lipinski definition) is 6. The van der Waals surface area contributed by atoms with Crippen LogP contribution >= 0.6 is 0 Å². The van der Waals surface area contributed by atoms with Gasteiger partial charge in [-0.15, -0.1) is 0 Å². The van der Waals surface area contributed by atoms with Crippen LogP contribution in [-0.4, -0.2) is 51.4 Å². The third-order valence-corrected chi connectivity index (χ3v) is 5.84. The molecule has 0 unspecified atom stereocenters. The molecule has 0 aromatic rings. The number of rotatable bonds is 7. The number of ether oxygens (including phenoxy) is 1. The van der Waals surface area contributed by atoms with Gasteiger partial charge in [-0.3, -0.25) is 0 Å². The molecule has 6 nitrogen and oxygen atoms in total. The van der Waals surface area contributed by atoms with Crippen LogP contribution in [0.3, 0.4) is 0 Å². The molecular weight excluding hydrogens is 315 g/mol. The molecule has 1 aliphatic carbocycles. The molecule has 1 fully saturated rings. The van der Waals surface area contributed by atoms with E-state index in [4.69, 9.17) is 4.74 Å². The maximum absolute atomic E-state index is 11.4. The molecule has 0 spiro atoms. The van der Waals surface area contributed by atoms with Crippen molar-refractivity contribution in [2.45, 2.75) is 49.9 Å². The van der Waals surface area contributed by atoms with Gasteiger partial charge in [0.15, 0.2) is 0 Å². The van der Waals surface area contributed by atoms with Gasteiger partial charge in [-0.2, -0.15) is 0 Å². The van der Waals surface area contributed by atoms with Gasteiger partial charge in [0.25, 0.3) is 0 Å². The first kappa shape index (κ1) is 20.8. The molecule has 0 aromatic heterocycles. The zero-order chi connectivity index (χ0) is 14.5. The fraction of sp³-hybridized carbons (Fsp3) is 1.00. The van der Waals surface area contributed by atoms with Crippen molar-refractivity contribution in [1.29, 1.82) is 0 Å². The fourth-order valence-corrected chi connectivity index (χ4v) is 3.94. The normalized spacial score (nSPS) is 24.1. The van der Waals surface area contributed by atoms with Crippen LogP contribution < -0.4 is 29.6 Å². The summed E-state index contributed by atoms with van der Waals surface area (Å²) >= 11 is 0. The summed E-state index contributed by atoms with van der Waals surface area (Å²) in [6.45, 7) is 0.420. The Bertz CT molecular complexity index is 465. The Balaban J connectivity index is 0.00000361. The van der Waals surface area contributed by atoms with Crippen LogP contribution in [0.15, 0.2) is 0 Å². The van der Waals surface area contributed by atoms with E-state index in [1.807, 2.05) is 0 Å². The van der Waals surface area contributed by atoms with Gasteiger partial charge in [0.05, 0.1) is 21.5 Å². The van der Waals surface area contributed by atoms with Crippen LogP contribution in [-0.2, 0) is 24.7 Å². The van der Waals surface area contributed by atoms with Gasteiger partial charge in [-0.1, -0.05) is 0 Å². The molecule has 0 saturated heterocycles. The molecule has 0 heterocycles. The average Bonchev–Trinajstić information content (AvgIpc) is 2.26. The maximum atomic E-state index is 11.4. The molecule has 0 bridgehead atoms. The van der Waals surface area contributed by atoms with Gasteiger partial charge in [0, 0.05) is 18.6 Å². The second kappa shape index (κ2) is 9.07. The second-order valence-electron chi connectivity index (χ2n) is 5.07. The summed E-state index contributed by atoms with van der Waals surface area (Å²) in [4.78, 5) is 0. The van der Waals surface area contributed by atoms with Crippen molar-refractivity contribution in [2.75, 3.05) is 18.6 Å². The van der Waals surface area contributed by atoms with Crippen LogP contribution in [0.5, 0.6) is 0 Å². The zero-order valence-corrected chi connectivity index (χ0v) is 15.7. The van der Waals surface area contributed by atoms with Crippen LogP contribution in [0.1, 0.15) is 38.5 Å². The first-order valence-electron chi connectivity index (χ1n) is 6.42. The van der Waals surface area contributed by atoms with Crippen LogP contribution in [0.4, 0.5) is 0 Å². The molecule has 0 N–H and O–H groups in total. The standard InChI is InChI=1S/C11H22O6S2.Na/c1-18(12,13)11-6-4-10(5-7-11)17-8-2-3-9-19(14,15)16;/h10-11H,2-9H2,1H3,(H,14,15,16);/q;+1/p-1. The Morgan fingerprint density at radius 3 is 2.05 bits per heavy atom. The first-order valence-corrected chi connectivity index (χ1v) is 9.96. The van der Waals surface area contributed by atoms with E-state index in [0.29, 0.717) is 32.3 Å². The van der Waals surface area contributed by atoms with Crippen LogP contribution in [0.2, 0.25) is 0 Å². The molecule has 0 atom stereocenters. The number of hydrogen-bond donors (Lipinski definition) is 0. The molecule has 0 aliphatic heterocycles. The summed E-state index contributed by atoms with van der Waals surface area (Å²) in [6.07, 6.45) is 4.86. The molecule has 114 valence electrons. The number of unbranched alkanes of at least 4 members (excludes halogenated alkanes) is 1. The first-order chi connectivity index (χ1) is 8.68. The topological polar surface area (TPSA) is 101 Å². The van der Waals surface area contributed by atoms with Gasteiger partial charge in [-0.05, 0) is 38.5 Å². The van der Waals surface area contributed by atoms with Gasteiger partial charge in [0.1, 0.15) is 9.84 Å². The maximum Gasteiger partial charge on any atom is 1.00 e. The van der Waals surface area contributed by atoms with E-state index in [0.717, 1.165) is 12.8 Å². The van der Waals surface area contributed by atoms with Crippen molar-refractivity contribution in [2.24, 2.45) is 0 Å². The summed E-state index contributed by atoms with van der Waals surface area (Å²) in [7, 11) is -7.08. The second-order valence-corrected chi connectivity index (χ2v) is 8.92. The summed E-state index contributed by atoms with van der Waals surface area (Å²) in [5, 5.41) is -0.252. The smallest absolute Gasteiger partial charge is 0.748 e. The van der Waals surface area contributed by atoms with Crippen molar-refractivity contribution < 1.29 is 55.7 Å². The van der Waals surface area contributed by atoms with Gasteiger partial charge < -0.3 is 9.29 Å². The van der Waals surface area contributed by atoms with Crippen molar-refractivity contribution in [3.8, 4) is 0 Å². The van der Waals surface area contributed by atoms with E-state index >= 15 is 0 Å². The summed E-state index contributed by atoms with van der Waals surface area (Å²) in [6, 6.07) is 0. The molecule has 1 rings (SSSR count). The minimum absolute atomic E-state index is 0. The minimum Gasteiger partial charge on any atom is -0.748 e. The molecular formula is C11H21NaO6S2. The predicted octanol–water partition coefficient (Wildman–Crippen LogP) is -2.31. The van der Waals surface area contributed by atoms with Crippen LogP contribution in [0, 0.1) is 0 Å².